The predicted molar refractivity (Wildman–Crippen MR) is 98.9 cm³/mol. The summed E-state index contributed by atoms with van der Waals surface area (Å²) < 4.78 is 12.1. The van der Waals surface area contributed by atoms with Crippen LogP contribution in [0.1, 0.15) is 65.2 Å². The van der Waals surface area contributed by atoms with Crippen molar-refractivity contribution in [3.8, 4) is 0 Å². The molecule has 0 spiro atoms. The molecule has 0 aromatic carbocycles. The van der Waals surface area contributed by atoms with Gasteiger partial charge in [-0.25, -0.2) is 0 Å². The number of unbranched alkanes of at least 4 members (excludes halogenated alkanes) is 1. The highest BCUT2D eigenvalue weighted by atomic mass is 16.6. The Morgan fingerprint density at radius 3 is 2.12 bits per heavy atom. The van der Waals surface area contributed by atoms with Crippen molar-refractivity contribution in [2.45, 2.75) is 77.4 Å². The summed E-state index contributed by atoms with van der Waals surface area (Å²) in [6, 6.07) is 8.48. The van der Waals surface area contributed by atoms with Crippen LogP contribution in [0.2, 0.25) is 0 Å². The molecule has 1 saturated heterocycles. The van der Waals surface area contributed by atoms with Crippen LogP contribution in [0.15, 0.2) is 24.3 Å². The molecule has 1 heterocycles. The van der Waals surface area contributed by atoms with Crippen LogP contribution in [-0.4, -0.2) is 25.4 Å². The third-order valence-corrected chi connectivity index (χ3v) is 6.06. The lowest BCUT2D eigenvalue weighted by atomic mass is 9.75. The van der Waals surface area contributed by atoms with Crippen LogP contribution in [-0.2, 0) is 9.47 Å². The van der Waals surface area contributed by atoms with E-state index in [0.29, 0.717) is 12.2 Å². The minimum atomic E-state index is 0.366. The zero-order valence-electron chi connectivity index (χ0n) is 15.5. The van der Waals surface area contributed by atoms with E-state index < -0.39 is 0 Å². The number of hydrogen-bond acceptors (Lipinski definition) is 2. The maximum absolute atomic E-state index is 6.13. The Morgan fingerprint density at radius 2 is 1.62 bits per heavy atom. The van der Waals surface area contributed by atoms with Crippen molar-refractivity contribution in [3.05, 3.63) is 34.7 Å². The van der Waals surface area contributed by atoms with Gasteiger partial charge in [0.2, 0.25) is 0 Å². The fraction of sp³-hybridized carbons (Fsp3) is 0.727. The standard InChI is InChI=1S/C16H30O2.C6H4/c1-3-5-9-14-11-18-16(12-17-14)15-10-7-6-8-13(15)4-2;1-2-6-4-3-5(1)6/h13-16H,3-12H2,1-2H3;1-4H. The van der Waals surface area contributed by atoms with Crippen LogP contribution in [0, 0.1) is 22.3 Å². The quantitative estimate of drug-likeness (QED) is 0.724. The second-order valence-corrected chi connectivity index (χ2v) is 7.66. The number of benzene rings is 1. The van der Waals surface area contributed by atoms with Crippen molar-refractivity contribution in [2.24, 2.45) is 11.8 Å². The minimum absolute atomic E-state index is 0.366. The highest BCUT2D eigenvalue weighted by Gasteiger charge is 2.34. The SMILES string of the molecule is CCCCC1COC(C2CCCCC2CC)CO1.c1cc2ccc1=2. The van der Waals surface area contributed by atoms with E-state index in [9.17, 15) is 0 Å². The Bertz CT molecular complexity index is 524. The van der Waals surface area contributed by atoms with E-state index in [1.807, 2.05) is 0 Å². The first-order chi connectivity index (χ1) is 11.8. The van der Waals surface area contributed by atoms with Gasteiger partial charge in [0.05, 0.1) is 25.4 Å². The van der Waals surface area contributed by atoms with Crippen LogP contribution >= 0.6 is 0 Å². The summed E-state index contributed by atoms with van der Waals surface area (Å²) in [4.78, 5) is 0. The van der Waals surface area contributed by atoms with E-state index in [-0.39, 0.29) is 0 Å². The zero-order valence-corrected chi connectivity index (χ0v) is 15.5. The molecule has 134 valence electrons. The largest absolute Gasteiger partial charge is 0.373 e. The lowest BCUT2D eigenvalue weighted by molar-refractivity contribution is -0.163. The van der Waals surface area contributed by atoms with Gasteiger partial charge in [-0.1, -0.05) is 76.6 Å². The summed E-state index contributed by atoms with van der Waals surface area (Å²) in [5, 5.41) is 2.85. The van der Waals surface area contributed by atoms with Gasteiger partial charge in [0, 0.05) is 0 Å². The highest BCUT2D eigenvalue weighted by molar-refractivity contribution is 5.22. The van der Waals surface area contributed by atoms with Gasteiger partial charge < -0.3 is 9.47 Å². The molecule has 2 nitrogen and oxygen atoms in total. The molecular formula is C22H34O2. The van der Waals surface area contributed by atoms with Gasteiger partial charge in [-0.05, 0) is 35.1 Å². The molecular weight excluding hydrogens is 296 g/mol. The third-order valence-electron chi connectivity index (χ3n) is 6.06. The van der Waals surface area contributed by atoms with Crippen LogP contribution in [0.3, 0.4) is 0 Å². The Kier molecular flexibility index (Phi) is 6.74. The Hall–Kier alpha value is -0.860. The molecule has 24 heavy (non-hydrogen) atoms. The average molecular weight is 331 g/mol. The lowest BCUT2D eigenvalue weighted by Crippen LogP contribution is -2.43. The van der Waals surface area contributed by atoms with Crippen molar-refractivity contribution in [1.82, 2.24) is 0 Å². The molecule has 4 rings (SSSR count). The van der Waals surface area contributed by atoms with Gasteiger partial charge in [-0.15, -0.1) is 0 Å². The van der Waals surface area contributed by atoms with E-state index in [1.54, 1.807) is 0 Å². The fourth-order valence-electron chi connectivity index (χ4n) is 4.30. The summed E-state index contributed by atoms with van der Waals surface area (Å²) in [5.74, 6) is 1.63. The van der Waals surface area contributed by atoms with E-state index in [2.05, 4.69) is 38.1 Å². The summed E-state index contributed by atoms with van der Waals surface area (Å²) >= 11 is 0. The van der Waals surface area contributed by atoms with E-state index in [4.69, 9.17) is 9.47 Å². The molecule has 2 heteroatoms. The number of ether oxygens (including phenoxy) is 2. The maximum Gasteiger partial charge on any atom is 0.0840 e. The lowest BCUT2D eigenvalue weighted by Gasteiger charge is -2.40. The van der Waals surface area contributed by atoms with Crippen LogP contribution < -0.4 is 0 Å². The topological polar surface area (TPSA) is 18.5 Å². The average Bonchev–Trinajstić information content (AvgIpc) is 2.64. The zero-order chi connectivity index (χ0) is 16.8. The molecule has 1 saturated carbocycles. The summed E-state index contributed by atoms with van der Waals surface area (Å²) in [6.45, 7) is 6.24. The molecule has 0 aromatic heterocycles. The second kappa shape index (κ2) is 9.01. The first kappa shape index (κ1) is 17.9. The van der Waals surface area contributed by atoms with Crippen molar-refractivity contribution >= 4 is 0 Å². The van der Waals surface area contributed by atoms with Crippen molar-refractivity contribution in [2.75, 3.05) is 13.2 Å². The van der Waals surface area contributed by atoms with Crippen molar-refractivity contribution < 1.29 is 9.47 Å². The van der Waals surface area contributed by atoms with Crippen molar-refractivity contribution in [1.29, 1.82) is 0 Å². The van der Waals surface area contributed by atoms with E-state index >= 15 is 0 Å². The van der Waals surface area contributed by atoms with Gasteiger partial charge in [-0.2, -0.15) is 0 Å². The predicted octanol–water partition coefficient (Wildman–Crippen LogP) is 5.46. The highest BCUT2D eigenvalue weighted by Crippen LogP contribution is 2.36. The molecule has 4 unspecified atom stereocenters. The molecule has 4 atom stereocenters. The maximum atomic E-state index is 6.13. The first-order valence-electron chi connectivity index (χ1n) is 10.2. The van der Waals surface area contributed by atoms with Gasteiger partial charge in [-0.3, -0.25) is 0 Å². The Morgan fingerprint density at radius 1 is 0.917 bits per heavy atom. The fourth-order valence-corrected chi connectivity index (χ4v) is 4.30. The smallest absolute Gasteiger partial charge is 0.0840 e. The van der Waals surface area contributed by atoms with E-state index in [1.165, 1.54) is 61.8 Å². The van der Waals surface area contributed by atoms with Crippen molar-refractivity contribution in [3.63, 3.8) is 0 Å². The van der Waals surface area contributed by atoms with Gasteiger partial charge >= 0.3 is 0 Å². The molecule has 1 aliphatic heterocycles. The molecule has 0 radical (unpaired) electrons. The minimum Gasteiger partial charge on any atom is -0.373 e. The third kappa shape index (κ3) is 4.40. The molecule has 3 aliphatic carbocycles. The van der Waals surface area contributed by atoms with Gasteiger partial charge in [0.1, 0.15) is 0 Å². The summed E-state index contributed by atoms with van der Waals surface area (Å²) in [7, 11) is 0. The monoisotopic (exact) mass is 330 g/mol. The molecule has 4 aliphatic rings. The molecule has 2 fully saturated rings. The molecule has 0 N–H and O–H groups in total. The summed E-state index contributed by atoms with van der Waals surface area (Å²) in [6.07, 6.45) is 11.3. The number of rotatable bonds is 5. The summed E-state index contributed by atoms with van der Waals surface area (Å²) in [5.41, 5.74) is 0. The molecule has 0 amide bonds. The normalized spacial score (nSPS) is 31.1. The van der Waals surface area contributed by atoms with Crippen LogP contribution in [0.4, 0.5) is 0 Å². The van der Waals surface area contributed by atoms with Crippen LogP contribution in [0.5, 0.6) is 0 Å². The first-order valence-corrected chi connectivity index (χ1v) is 10.2. The van der Waals surface area contributed by atoms with Crippen LogP contribution in [0.25, 0.3) is 0 Å². The second-order valence-electron chi connectivity index (χ2n) is 7.66. The van der Waals surface area contributed by atoms with Gasteiger partial charge in [0.25, 0.3) is 0 Å². The van der Waals surface area contributed by atoms with E-state index in [0.717, 1.165) is 25.0 Å². The Labute approximate surface area is 147 Å². The Balaban J connectivity index is 0.000000231. The number of hydrogen-bond donors (Lipinski definition) is 0. The van der Waals surface area contributed by atoms with Gasteiger partial charge in [0.15, 0.2) is 0 Å². The molecule has 0 aromatic rings. The molecule has 0 bridgehead atoms.